The third-order valence-corrected chi connectivity index (χ3v) is 3.59. The van der Waals surface area contributed by atoms with Gasteiger partial charge in [-0.05, 0) is 26.0 Å². The highest BCUT2D eigenvalue weighted by Crippen LogP contribution is 2.29. The highest BCUT2D eigenvalue weighted by molar-refractivity contribution is 6.35. The van der Waals surface area contributed by atoms with Crippen LogP contribution in [0.3, 0.4) is 0 Å². The van der Waals surface area contributed by atoms with Crippen molar-refractivity contribution >= 4 is 40.6 Å². The Bertz CT molecular complexity index is 725. The number of rotatable bonds is 5. The van der Waals surface area contributed by atoms with Gasteiger partial charge in [0.1, 0.15) is 11.5 Å². The first-order chi connectivity index (χ1) is 10.9. The van der Waals surface area contributed by atoms with Crippen LogP contribution in [-0.4, -0.2) is 33.6 Å². The van der Waals surface area contributed by atoms with Gasteiger partial charge < -0.3 is 15.7 Å². The Morgan fingerprint density at radius 2 is 2.00 bits per heavy atom. The maximum absolute atomic E-state index is 12.4. The summed E-state index contributed by atoms with van der Waals surface area (Å²) in [6, 6.07) is 6.40. The molecule has 6 nitrogen and oxygen atoms in total. The second-order valence-corrected chi connectivity index (χ2v) is 5.71. The number of anilines is 2. The molecule has 8 heteroatoms. The zero-order chi connectivity index (χ0) is 17.0. The number of aliphatic hydroxyl groups excluding tert-OH is 1. The number of aliphatic hydroxyl groups is 1. The van der Waals surface area contributed by atoms with Gasteiger partial charge in [-0.15, -0.1) is 0 Å². The van der Waals surface area contributed by atoms with Crippen LogP contribution in [0.25, 0.3) is 0 Å². The molecule has 1 unspecified atom stereocenters. The smallest absolute Gasteiger partial charge is 0.257 e. The lowest BCUT2D eigenvalue weighted by molar-refractivity contribution is 0.102. The molecule has 23 heavy (non-hydrogen) atoms. The summed E-state index contributed by atoms with van der Waals surface area (Å²) in [5, 5.41) is 15.3. The number of amides is 1. The van der Waals surface area contributed by atoms with Gasteiger partial charge in [0, 0.05) is 6.04 Å². The molecule has 0 saturated heterocycles. The Labute approximate surface area is 143 Å². The van der Waals surface area contributed by atoms with Crippen LogP contribution < -0.4 is 10.6 Å². The molecular formula is C15H16Cl2N4O2. The topological polar surface area (TPSA) is 87.1 Å². The molecule has 0 bridgehead atoms. The molecule has 3 N–H and O–H groups in total. The summed E-state index contributed by atoms with van der Waals surface area (Å²) in [5.74, 6) is 0.354. The van der Waals surface area contributed by atoms with Crippen molar-refractivity contribution in [3.05, 3.63) is 45.8 Å². The van der Waals surface area contributed by atoms with Crippen molar-refractivity contribution in [3.8, 4) is 0 Å². The molecular weight excluding hydrogens is 339 g/mol. The summed E-state index contributed by atoms with van der Waals surface area (Å²) >= 11 is 12.2. The predicted molar refractivity (Wildman–Crippen MR) is 91.4 cm³/mol. The van der Waals surface area contributed by atoms with Crippen LogP contribution in [0.2, 0.25) is 10.2 Å². The third kappa shape index (κ3) is 4.31. The zero-order valence-corrected chi connectivity index (χ0v) is 14.1. The van der Waals surface area contributed by atoms with E-state index in [-0.39, 0.29) is 23.5 Å². The van der Waals surface area contributed by atoms with Gasteiger partial charge in [0.25, 0.3) is 5.91 Å². The minimum atomic E-state index is -0.426. The SMILES string of the molecule is Cc1nc(Cl)c(NC(=O)c2ccccc2Cl)c(NC(C)CO)n1. The van der Waals surface area contributed by atoms with E-state index >= 15 is 0 Å². The Morgan fingerprint density at radius 3 is 2.65 bits per heavy atom. The molecule has 0 aliphatic carbocycles. The highest BCUT2D eigenvalue weighted by atomic mass is 35.5. The molecule has 2 aromatic rings. The van der Waals surface area contributed by atoms with Gasteiger partial charge in [0.2, 0.25) is 0 Å². The van der Waals surface area contributed by atoms with E-state index in [1.54, 1.807) is 38.1 Å². The van der Waals surface area contributed by atoms with E-state index in [0.29, 0.717) is 22.2 Å². The monoisotopic (exact) mass is 354 g/mol. The van der Waals surface area contributed by atoms with Crippen molar-refractivity contribution in [1.29, 1.82) is 0 Å². The predicted octanol–water partition coefficient (Wildman–Crippen LogP) is 3.14. The number of aryl methyl sites for hydroxylation is 1. The van der Waals surface area contributed by atoms with E-state index in [4.69, 9.17) is 23.2 Å². The van der Waals surface area contributed by atoms with Crippen LogP contribution in [0.5, 0.6) is 0 Å². The molecule has 0 aliphatic heterocycles. The molecule has 0 saturated carbocycles. The van der Waals surface area contributed by atoms with Crippen LogP contribution in [-0.2, 0) is 0 Å². The van der Waals surface area contributed by atoms with Gasteiger partial charge in [-0.1, -0.05) is 35.3 Å². The summed E-state index contributed by atoms with van der Waals surface area (Å²) in [6.07, 6.45) is 0. The number of nitrogens with one attached hydrogen (secondary N) is 2. The van der Waals surface area contributed by atoms with Crippen molar-refractivity contribution in [2.45, 2.75) is 19.9 Å². The number of carbonyl (C=O) groups excluding carboxylic acids is 1. The fourth-order valence-electron chi connectivity index (χ4n) is 1.86. The van der Waals surface area contributed by atoms with Gasteiger partial charge >= 0.3 is 0 Å². The van der Waals surface area contributed by atoms with E-state index in [2.05, 4.69) is 20.6 Å². The molecule has 0 fully saturated rings. The van der Waals surface area contributed by atoms with E-state index < -0.39 is 5.91 Å². The lowest BCUT2D eigenvalue weighted by Gasteiger charge is -2.17. The molecule has 2 rings (SSSR count). The van der Waals surface area contributed by atoms with Crippen molar-refractivity contribution < 1.29 is 9.90 Å². The molecule has 122 valence electrons. The maximum atomic E-state index is 12.4. The summed E-state index contributed by atoms with van der Waals surface area (Å²) in [5.41, 5.74) is 0.550. The van der Waals surface area contributed by atoms with Gasteiger partial charge in [-0.2, -0.15) is 0 Å². The van der Waals surface area contributed by atoms with Crippen LogP contribution >= 0.6 is 23.2 Å². The Morgan fingerprint density at radius 1 is 1.30 bits per heavy atom. The van der Waals surface area contributed by atoms with Gasteiger partial charge in [-0.25, -0.2) is 9.97 Å². The van der Waals surface area contributed by atoms with E-state index in [9.17, 15) is 9.90 Å². The standard InChI is InChI=1S/C15H16Cl2N4O2/c1-8(7-22)18-14-12(13(17)19-9(2)20-14)21-15(23)10-5-3-4-6-11(10)16/h3-6,8,22H,7H2,1-2H3,(H,21,23)(H,18,19,20). The Balaban J connectivity index is 2.35. The summed E-state index contributed by atoms with van der Waals surface area (Å²) in [4.78, 5) is 20.7. The van der Waals surface area contributed by atoms with Crippen LogP contribution in [0.1, 0.15) is 23.1 Å². The first kappa shape index (κ1) is 17.5. The van der Waals surface area contributed by atoms with E-state index in [1.165, 1.54) is 0 Å². The summed E-state index contributed by atoms with van der Waals surface area (Å²) in [7, 11) is 0. The van der Waals surface area contributed by atoms with Crippen molar-refractivity contribution in [2.24, 2.45) is 0 Å². The maximum Gasteiger partial charge on any atom is 0.257 e. The number of hydrogen-bond donors (Lipinski definition) is 3. The van der Waals surface area contributed by atoms with Crippen LogP contribution in [0.4, 0.5) is 11.5 Å². The largest absolute Gasteiger partial charge is 0.394 e. The first-order valence-corrected chi connectivity index (χ1v) is 7.65. The summed E-state index contributed by atoms with van der Waals surface area (Å²) in [6.45, 7) is 3.35. The Kier molecular flexibility index (Phi) is 5.76. The first-order valence-electron chi connectivity index (χ1n) is 6.89. The second-order valence-electron chi connectivity index (χ2n) is 4.95. The average Bonchev–Trinajstić information content (AvgIpc) is 2.50. The molecule has 0 aliphatic rings. The van der Waals surface area contributed by atoms with E-state index in [0.717, 1.165) is 0 Å². The fraction of sp³-hybridized carbons (Fsp3) is 0.267. The number of carbonyl (C=O) groups is 1. The van der Waals surface area contributed by atoms with Gasteiger partial charge in [0.05, 0.1) is 17.2 Å². The number of hydrogen-bond acceptors (Lipinski definition) is 5. The lowest BCUT2D eigenvalue weighted by atomic mass is 10.2. The molecule has 1 aromatic carbocycles. The number of halogens is 2. The molecule has 1 atom stereocenters. The summed E-state index contributed by atoms with van der Waals surface area (Å²) < 4.78 is 0. The highest BCUT2D eigenvalue weighted by Gasteiger charge is 2.18. The van der Waals surface area contributed by atoms with E-state index in [1.807, 2.05) is 0 Å². The molecule has 0 spiro atoms. The van der Waals surface area contributed by atoms with Gasteiger partial charge in [0.15, 0.2) is 11.0 Å². The number of aromatic nitrogens is 2. The van der Waals surface area contributed by atoms with Crippen molar-refractivity contribution in [2.75, 3.05) is 17.2 Å². The minimum Gasteiger partial charge on any atom is -0.394 e. The quantitative estimate of drug-likeness (QED) is 0.718. The second kappa shape index (κ2) is 7.59. The van der Waals surface area contributed by atoms with Gasteiger partial charge in [-0.3, -0.25) is 4.79 Å². The van der Waals surface area contributed by atoms with Crippen molar-refractivity contribution in [3.63, 3.8) is 0 Å². The van der Waals surface area contributed by atoms with Crippen molar-refractivity contribution in [1.82, 2.24) is 9.97 Å². The van der Waals surface area contributed by atoms with Crippen LogP contribution in [0.15, 0.2) is 24.3 Å². The number of benzene rings is 1. The fourth-order valence-corrected chi connectivity index (χ4v) is 2.34. The number of nitrogens with zero attached hydrogens (tertiary/aromatic N) is 2. The molecule has 1 amide bonds. The Hall–Kier alpha value is -1.89. The molecule has 1 aromatic heterocycles. The third-order valence-electron chi connectivity index (χ3n) is 2.99. The molecule has 1 heterocycles. The average molecular weight is 355 g/mol. The lowest BCUT2D eigenvalue weighted by Crippen LogP contribution is -2.23. The zero-order valence-electron chi connectivity index (χ0n) is 12.6. The van der Waals surface area contributed by atoms with Crippen LogP contribution in [0, 0.1) is 6.92 Å². The normalized spacial score (nSPS) is 11.9. The minimum absolute atomic E-state index is 0.0986. The molecule has 0 radical (unpaired) electrons.